The molecule has 1 unspecified atom stereocenters. The van der Waals surface area contributed by atoms with Gasteiger partial charge in [0, 0.05) is 6.54 Å². The van der Waals surface area contributed by atoms with E-state index in [-0.39, 0.29) is 11.6 Å². The van der Waals surface area contributed by atoms with E-state index in [1.165, 1.54) is 10.9 Å². The van der Waals surface area contributed by atoms with Crippen molar-refractivity contribution in [1.82, 2.24) is 15.1 Å². The molecular weight excluding hydrogens is 260 g/mol. The van der Waals surface area contributed by atoms with Crippen LogP contribution in [0.5, 0.6) is 0 Å². The Hall–Kier alpha value is -1.92. The van der Waals surface area contributed by atoms with E-state index in [0.717, 1.165) is 25.7 Å². The quantitative estimate of drug-likeness (QED) is 0.450. The summed E-state index contributed by atoms with van der Waals surface area (Å²) in [5.74, 6) is -0.168. The maximum Gasteiger partial charge on any atom is 0.309 e. The number of carbonyl (C=O) groups excluding carboxylic acids is 1. The molecule has 1 aromatic rings. The predicted molar refractivity (Wildman–Crippen MR) is 75.5 cm³/mol. The van der Waals surface area contributed by atoms with Crippen molar-refractivity contribution in [3.05, 3.63) is 22.0 Å². The molecule has 1 heterocycles. The third kappa shape index (κ3) is 4.32. The Balaban J connectivity index is 2.52. The van der Waals surface area contributed by atoms with E-state index in [0.29, 0.717) is 12.2 Å². The van der Waals surface area contributed by atoms with Crippen LogP contribution in [0.15, 0.2) is 6.20 Å². The first kappa shape index (κ1) is 16.1. The molecule has 1 N–H and O–H groups in total. The second-order valence-electron chi connectivity index (χ2n) is 4.86. The molecule has 0 aromatic carbocycles. The molecule has 0 radical (unpaired) electrons. The van der Waals surface area contributed by atoms with E-state index >= 15 is 0 Å². The second kappa shape index (κ2) is 7.62. The van der Waals surface area contributed by atoms with Crippen molar-refractivity contribution in [1.29, 1.82) is 0 Å². The average Bonchev–Trinajstić information content (AvgIpc) is 2.79. The molecule has 0 saturated carbocycles. The molecule has 1 rings (SSSR count). The lowest BCUT2D eigenvalue weighted by atomic mass is 10.2. The molecule has 0 fully saturated rings. The van der Waals surface area contributed by atoms with Crippen molar-refractivity contribution < 1.29 is 9.72 Å². The molecule has 0 bridgehead atoms. The first-order valence-corrected chi connectivity index (χ1v) is 6.95. The van der Waals surface area contributed by atoms with Gasteiger partial charge in [-0.1, -0.05) is 26.2 Å². The SMILES string of the molecule is CCCCCCNC(=O)C(C)n1cc([N+](=O)[O-])c(C)n1. The van der Waals surface area contributed by atoms with Gasteiger partial charge in [-0.2, -0.15) is 5.10 Å². The lowest BCUT2D eigenvalue weighted by molar-refractivity contribution is -0.385. The van der Waals surface area contributed by atoms with E-state index in [2.05, 4.69) is 17.3 Å². The van der Waals surface area contributed by atoms with Crippen LogP contribution >= 0.6 is 0 Å². The zero-order valence-corrected chi connectivity index (χ0v) is 12.3. The zero-order valence-electron chi connectivity index (χ0n) is 12.3. The van der Waals surface area contributed by atoms with Crippen molar-refractivity contribution in [2.24, 2.45) is 0 Å². The number of hydrogen-bond acceptors (Lipinski definition) is 4. The standard InChI is InChI=1S/C13H22N4O3/c1-4-5-6-7-8-14-13(18)11(3)16-9-12(17(19)20)10(2)15-16/h9,11H,4-8H2,1-3H3,(H,14,18). The number of nitro groups is 1. The van der Waals surface area contributed by atoms with Crippen LogP contribution in [0, 0.1) is 17.0 Å². The highest BCUT2D eigenvalue weighted by molar-refractivity contribution is 5.79. The van der Waals surface area contributed by atoms with Gasteiger partial charge >= 0.3 is 5.69 Å². The van der Waals surface area contributed by atoms with E-state index < -0.39 is 11.0 Å². The van der Waals surface area contributed by atoms with Gasteiger partial charge in [-0.05, 0) is 20.3 Å². The fourth-order valence-corrected chi connectivity index (χ4v) is 1.88. The Morgan fingerprint density at radius 1 is 1.50 bits per heavy atom. The lowest BCUT2D eigenvalue weighted by Gasteiger charge is -2.12. The zero-order chi connectivity index (χ0) is 15.1. The van der Waals surface area contributed by atoms with Crippen molar-refractivity contribution >= 4 is 11.6 Å². The number of carbonyl (C=O) groups is 1. The summed E-state index contributed by atoms with van der Waals surface area (Å²) in [4.78, 5) is 22.2. The highest BCUT2D eigenvalue weighted by atomic mass is 16.6. The summed E-state index contributed by atoms with van der Waals surface area (Å²) in [7, 11) is 0. The highest BCUT2D eigenvalue weighted by Gasteiger charge is 2.21. The maximum atomic E-state index is 11.9. The number of amides is 1. The fourth-order valence-electron chi connectivity index (χ4n) is 1.88. The minimum atomic E-state index is -0.548. The number of nitrogens with zero attached hydrogens (tertiary/aromatic N) is 3. The van der Waals surface area contributed by atoms with Crippen molar-refractivity contribution in [2.45, 2.75) is 52.5 Å². The highest BCUT2D eigenvalue weighted by Crippen LogP contribution is 2.18. The molecule has 1 atom stereocenters. The number of hydrogen-bond donors (Lipinski definition) is 1. The van der Waals surface area contributed by atoms with Crippen molar-refractivity contribution in [3.8, 4) is 0 Å². The normalized spacial score (nSPS) is 12.2. The van der Waals surface area contributed by atoms with Gasteiger partial charge in [0.15, 0.2) is 0 Å². The van der Waals surface area contributed by atoms with Gasteiger partial charge in [-0.25, -0.2) is 0 Å². The average molecular weight is 282 g/mol. The summed E-state index contributed by atoms with van der Waals surface area (Å²) in [6, 6.07) is -0.548. The molecule has 0 aliphatic carbocycles. The van der Waals surface area contributed by atoms with Crippen LogP contribution in [0.1, 0.15) is 51.3 Å². The summed E-state index contributed by atoms with van der Waals surface area (Å²) in [5, 5.41) is 17.6. The summed E-state index contributed by atoms with van der Waals surface area (Å²) in [5.41, 5.74) is 0.255. The topological polar surface area (TPSA) is 90.1 Å². The summed E-state index contributed by atoms with van der Waals surface area (Å²) in [6.45, 7) is 6.00. The molecule has 112 valence electrons. The third-order valence-corrected chi connectivity index (χ3v) is 3.19. The van der Waals surface area contributed by atoms with Crippen LogP contribution in [0.2, 0.25) is 0 Å². The number of nitrogens with one attached hydrogen (secondary N) is 1. The Kier molecular flexibility index (Phi) is 6.14. The largest absolute Gasteiger partial charge is 0.354 e. The third-order valence-electron chi connectivity index (χ3n) is 3.19. The molecule has 0 aliphatic heterocycles. The smallest absolute Gasteiger partial charge is 0.309 e. The molecule has 20 heavy (non-hydrogen) atoms. The molecule has 7 nitrogen and oxygen atoms in total. The van der Waals surface area contributed by atoms with E-state index in [1.807, 2.05) is 0 Å². The Bertz CT molecular complexity index is 470. The van der Waals surface area contributed by atoms with Crippen LogP contribution in [0.3, 0.4) is 0 Å². The minimum Gasteiger partial charge on any atom is -0.354 e. The maximum absolute atomic E-state index is 11.9. The summed E-state index contributed by atoms with van der Waals surface area (Å²) < 4.78 is 1.34. The first-order valence-electron chi connectivity index (χ1n) is 6.95. The summed E-state index contributed by atoms with van der Waals surface area (Å²) >= 11 is 0. The number of aromatic nitrogens is 2. The Labute approximate surface area is 118 Å². The van der Waals surface area contributed by atoms with Gasteiger partial charge in [0.05, 0.1) is 4.92 Å². The van der Waals surface area contributed by atoms with Gasteiger partial charge in [-0.15, -0.1) is 0 Å². The number of unbranched alkanes of at least 4 members (excludes halogenated alkanes) is 3. The van der Waals surface area contributed by atoms with Crippen LogP contribution in [0.25, 0.3) is 0 Å². The van der Waals surface area contributed by atoms with Gasteiger partial charge in [-0.3, -0.25) is 19.6 Å². The first-order chi connectivity index (χ1) is 9.47. The van der Waals surface area contributed by atoms with E-state index in [4.69, 9.17) is 0 Å². The van der Waals surface area contributed by atoms with Crippen molar-refractivity contribution in [2.75, 3.05) is 6.54 Å². The monoisotopic (exact) mass is 282 g/mol. The number of aryl methyl sites for hydroxylation is 1. The van der Waals surface area contributed by atoms with E-state index in [9.17, 15) is 14.9 Å². The molecule has 1 amide bonds. The van der Waals surface area contributed by atoms with Crippen molar-refractivity contribution in [3.63, 3.8) is 0 Å². The van der Waals surface area contributed by atoms with Crippen LogP contribution in [0.4, 0.5) is 5.69 Å². The van der Waals surface area contributed by atoms with Gasteiger partial charge < -0.3 is 5.32 Å². The molecule has 0 saturated heterocycles. The predicted octanol–water partition coefficient (Wildman–Crippen LogP) is 2.36. The molecule has 1 aromatic heterocycles. The van der Waals surface area contributed by atoms with Gasteiger partial charge in [0.25, 0.3) is 0 Å². The molecular formula is C13H22N4O3. The minimum absolute atomic E-state index is 0.0624. The Morgan fingerprint density at radius 3 is 2.75 bits per heavy atom. The molecule has 7 heteroatoms. The Morgan fingerprint density at radius 2 is 2.20 bits per heavy atom. The van der Waals surface area contributed by atoms with Gasteiger partial charge in [0.1, 0.15) is 17.9 Å². The number of rotatable bonds is 8. The lowest BCUT2D eigenvalue weighted by Crippen LogP contribution is -2.32. The summed E-state index contributed by atoms with van der Waals surface area (Å²) in [6.07, 6.45) is 5.66. The van der Waals surface area contributed by atoms with Gasteiger partial charge in [0.2, 0.25) is 5.91 Å². The molecule has 0 aliphatic rings. The van der Waals surface area contributed by atoms with Crippen LogP contribution < -0.4 is 5.32 Å². The molecule has 0 spiro atoms. The fraction of sp³-hybridized carbons (Fsp3) is 0.692. The second-order valence-corrected chi connectivity index (χ2v) is 4.86. The van der Waals surface area contributed by atoms with E-state index in [1.54, 1.807) is 13.8 Å². The van der Waals surface area contributed by atoms with Crippen LogP contribution in [-0.4, -0.2) is 27.2 Å². The van der Waals surface area contributed by atoms with Crippen LogP contribution in [-0.2, 0) is 4.79 Å².